The van der Waals surface area contributed by atoms with Gasteiger partial charge in [-0.1, -0.05) is 6.07 Å². The Hall–Kier alpha value is -2.60. The molecule has 0 saturated heterocycles. The van der Waals surface area contributed by atoms with Crippen LogP contribution in [0.25, 0.3) is 10.6 Å². The summed E-state index contributed by atoms with van der Waals surface area (Å²) in [5.74, 6) is -0.694. The first-order chi connectivity index (χ1) is 12.0. The van der Waals surface area contributed by atoms with E-state index in [2.05, 4.69) is 9.97 Å². The molecule has 1 unspecified atom stereocenters. The van der Waals surface area contributed by atoms with Gasteiger partial charge >= 0.3 is 5.97 Å². The predicted octanol–water partition coefficient (Wildman–Crippen LogP) is 4.44. The van der Waals surface area contributed by atoms with Gasteiger partial charge in [0, 0.05) is 24.4 Å². The van der Waals surface area contributed by atoms with Crippen molar-refractivity contribution < 1.29 is 13.9 Å². The zero-order valence-corrected chi connectivity index (χ0v) is 14.7. The maximum absolute atomic E-state index is 13.0. The van der Waals surface area contributed by atoms with Gasteiger partial charge in [-0.3, -0.25) is 4.98 Å². The molecule has 0 saturated carbocycles. The van der Waals surface area contributed by atoms with E-state index in [1.165, 1.54) is 23.5 Å². The van der Waals surface area contributed by atoms with Gasteiger partial charge in [0.25, 0.3) is 0 Å². The van der Waals surface area contributed by atoms with Crippen LogP contribution in [0.15, 0.2) is 48.8 Å². The fourth-order valence-electron chi connectivity index (χ4n) is 2.43. The quantitative estimate of drug-likeness (QED) is 0.634. The topological polar surface area (TPSA) is 52.1 Å². The largest absolute Gasteiger partial charge is 0.458 e. The van der Waals surface area contributed by atoms with Gasteiger partial charge in [0.2, 0.25) is 0 Å². The summed E-state index contributed by atoms with van der Waals surface area (Å²) < 4.78 is 18.6. The van der Waals surface area contributed by atoms with Gasteiger partial charge in [-0.25, -0.2) is 14.2 Å². The minimum atomic E-state index is -0.389. The molecule has 4 nitrogen and oxygen atoms in total. The molecule has 6 heteroatoms. The van der Waals surface area contributed by atoms with Gasteiger partial charge in [-0.2, -0.15) is 0 Å². The first-order valence-corrected chi connectivity index (χ1v) is 8.68. The first kappa shape index (κ1) is 17.2. The molecular weight excluding hydrogens is 339 g/mol. The second-order valence-electron chi connectivity index (χ2n) is 5.72. The van der Waals surface area contributed by atoms with Crippen LogP contribution in [-0.2, 0) is 11.2 Å². The number of rotatable bonds is 5. The summed E-state index contributed by atoms with van der Waals surface area (Å²) in [5, 5.41) is 0.671. The van der Waals surface area contributed by atoms with Gasteiger partial charge in [0.1, 0.15) is 21.8 Å². The molecule has 0 amide bonds. The number of hydrogen-bond donors (Lipinski definition) is 0. The smallest absolute Gasteiger partial charge is 0.350 e. The van der Waals surface area contributed by atoms with E-state index < -0.39 is 0 Å². The lowest BCUT2D eigenvalue weighted by molar-refractivity contribution is 0.0347. The molecule has 1 atom stereocenters. The van der Waals surface area contributed by atoms with Crippen LogP contribution < -0.4 is 0 Å². The summed E-state index contributed by atoms with van der Waals surface area (Å²) in [6.07, 6.45) is 3.79. The molecule has 1 aromatic carbocycles. The highest BCUT2D eigenvalue weighted by atomic mass is 32.1. The maximum atomic E-state index is 13.0. The molecule has 2 aromatic heterocycles. The van der Waals surface area contributed by atoms with E-state index in [0.717, 1.165) is 11.1 Å². The van der Waals surface area contributed by atoms with Crippen LogP contribution in [0.4, 0.5) is 4.39 Å². The molecule has 3 rings (SSSR count). The highest BCUT2D eigenvalue weighted by Crippen LogP contribution is 2.28. The summed E-state index contributed by atoms with van der Waals surface area (Å²) in [7, 11) is 0. The van der Waals surface area contributed by atoms with Crippen LogP contribution in [0.3, 0.4) is 0 Å². The van der Waals surface area contributed by atoms with Gasteiger partial charge in [-0.05, 0) is 49.7 Å². The minimum absolute atomic E-state index is 0.271. The number of aromatic nitrogens is 2. The van der Waals surface area contributed by atoms with E-state index in [1.807, 2.05) is 19.1 Å². The average molecular weight is 356 g/mol. The summed E-state index contributed by atoms with van der Waals surface area (Å²) in [5.41, 5.74) is 2.40. The number of ether oxygens (including phenoxy) is 1. The van der Waals surface area contributed by atoms with E-state index in [-0.39, 0.29) is 17.9 Å². The zero-order chi connectivity index (χ0) is 17.8. The zero-order valence-electron chi connectivity index (χ0n) is 13.9. The Kier molecular flexibility index (Phi) is 5.19. The van der Waals surface area contributed by atoms with Crippen molar-refractivity contribution in [2.45, 2.75) is 26.4 Å². The number of thiazole rings is 1. The second-order valence-corrected chi connectivity index (χ2v) is 6.72. The van der Waals surface area contributed by atoms with Gasteiger partial charge in [0.05, 0.1) is 5.69 Å². The molecule has 25 heavy (non-hydrogen) atoms. The van der Waals surface area contributed by atoms with E-state index in [1.54, 1.807) is 31.5 Å². The van der Waals surface area contributed by atoms with E-state index >= 15 is 0 Å². The number of hydrogen-bond acceptors (Lipinski definition) is 5. The molecular formula is C19H17FN2O2S. The number of esters is 1. The Morgan fingerprint density at radius 2 is 2.04 bits per heavy atom. The summed E-state index contributed by atoms with van der Waals surface area (Å²) in [6, 6.07) is 9.84. The van der Waals surface area contributed by atoms with Crippen LogP contribution in [-0.4, -0.2) is 22.0 Å². The fraction of sp³-hybridized carbons (Fsp3) is 0.211. The van der Waals surface area contributed by atoms with Gasteiger partial charge in [-0.15, -0.1) is 11.3 Å². The molecule has 0 aliphatic carbocycles. The van der Waals surface area contributed by atoms with Crippen LogP contribution in [0.5, 0.6) is 0 Å². The third-order valence-corrected chi connectivity index (χ3v) is 4.81. The Bertz CT molecular complexity index is 863. The van der Waals surface area contributed by atoms with Crippen LogP contribution >= 0.6 is 11.3 Å². The summed E-state index contributed by atoms with van der Waals surface area (Å²) in [4.78, 5) is 21.4. The molecule has 0 bridgehead atoms. The average Bonchev–Trinajstić information content (AvgIpc) is 2.98. The van der Waals surface area contributed by atoms with Crippen molar-refractivity contribution in [1.29, 1.82) is 0 Å². The molecule has 0 fully saturated rings. The van der Waals surface area contributed by atoms with Crippen molar-refractivity contribution in [3.8, 4) is 10.6 Å². The lowest BCUT2D eigenvalue weighted by Gasteiger charge is -2.12. The molecule has 0 radical (unpaired) electrons. The number of carbonyl (C=O) groups is 1. The first-order valence-electron chi connectivity index (χ1n) is 7.86. The van der Waals surface area contributed by atoms with Crippen molar-refractivity contribution in [1.82, 2.24) is 9.97 Å². The van der Waals surface area contributed by atoms with E-state index in [9.17, 15) is 9.18 Å². The molecule has 0 aliphatic heterocycles. The van der Waals surface area contributed by atoms with Crippen LogP contribution in [0.2, 0.25) is 0 Å². The number of aryl methyl sites for hydroxylation is 1. The number of benzene rings is 1. The standard InChI is InChI=1S/C19H17FN2O2S/c1-12(10-14-4-3-9-21-11-14)24-19(23)17-13(2)22-18(25-17)15-5-7-16(20)8-6-15/h3-9,11-12H,10H2,1-2H3. The molecule has 128 valence electrons. The molecule has 0 N–H and O–H groups in total. The SMILES string of the molecule is Cc1nc(-c2ccc(F)cc2)sc1C(=O)OC(C)Cc1cccnc1. The number of halogens is 1. The van der Waals surface area contributed by atoms with E-state index in [4.69, 9.17) is 4.74 Å². The van der Waals surface area contributed by atoms with Crippen molar-refractivity contribution in [2.24, 2.45) is 0 Å². The normalized spacial score (nSPS) is 12.0. The predicted molar refractivity (Wildman–Crippen MR) is 95.1 cm³/mol. The highest BCUT2D eigenvalue weighted by Gasteiger charge is 2.20. The monoisotopic (exact) mass is 356 g/mol. The van der Waals surface area contributed by atoms with E-state index in [0.29, 0.717) is 22.0 Å². The van der Waals surface area contributed by atoms with Crippen LogP contribution in [0, 0.1) is 12.7 Å². The van der Waals surface area contributed by atoms with Gasteiger partial charge < -0.3 is 4.74 Å². The minimum Gasteiger partial charge on any atom is -0.458 e. The number of pyridine rings is 1. The molecule has 3 aromatic rings. The van der Waals surface area contributed by atoms with Crippen molar-refractivity contribution in [2.75, 3.05) is 0 Å². The lowest BCUT2D eigenvalue weighted by atomic mass is 10.1. The van der Waals surface area contributed by atoms with Crippen molar-refractivity contribution in [3.05, 3.63) is 70.7 Å². The Morgan fingerprint density at radius 1 is 1.28 bits per heavy atom. The third kappa shape index (κ3) is 4.28. The Labute approximate surface area is 149 Å². The second kappa shape index (κ2) is 7.53. The lowest BCUT2D eigenvalue weighted by Crippen LogP contribution is -2.17. The summed E-state index contributed by atoms with van der Waals surface area (Å²) >= 11 is 1.25. The Morgan fingerprint density at radius 3 is 2.72 bits per heavy atom. The van der Waals surface area contributed by atoms with Crippen molar-refractivity contribution >= 4 is 17.3 Å². The highest BCUT2D eigenvalue weighted by molar-refractivity contribution is 7.17. The Balaban J connectivity index is 1.71. The van der Waals surface area contributed by atoms with Gasteiger partial charge in [0.15, 0.2) is 0 Å². The molecule has 0 aliphatic rings. The number of nitrogens with zero attached hydrogens (tertiary/aromatic N) is 2. The van der Waals surface area contributed by atoms with Crippen molar-refractivity contribution in [3.63, 3.8) is 0 Å². The fourth-order valence-corrected chi connectivity index (χ4v) is 3.39. The number of carbonyl (C=O) groups excluding carboxylic acids is 1. The molecule has 2 heterocycles. The van der Waals surface area contributed by atoms with Crippen LogP contribution in [0.1, 0.15) is 27.9 Å². The molecule has 0 spiro atoms. The summed E-state index contributed by atoms with van der Waals surface area (Å²) in [6.45, 7) is 3.62. The maximum Gasteiger partial charge on any atom is 0.350 e. The third-order valence-electron chi connectivity index (χ3n) is 3.63.